The number of nitrogens with one attached hydrogen (secondary N) is 1. The highest BCUT2D eigenvalue weighted by atomic mass is 32.1. The molecule has 0 unspecified atom stereocenters. The predicted molar refractivity (Wildman–Crippen MR) is 155 cm³/mol. The number of piperazine rings is 1. The number of carboxylic acids is 1. The van der Waals surface area contributed by atoms with E-state index in [2.05, 4.69) is 10.3 Å². The molecule has 1 saturated carbocycles. The fourth-order valence-electron chi connectivity index (χ4n) is 5.14. The molecule has 4 aromatic rings. The summed E-state index contributed by atoms with van der Waals surface area (Å²) in [6, 6.07) is 10.5. The highest BCUT2D eigenvalue weighted by Gasteiger charge is 2.29. The van der Waals surface area contributed by atoms with Crippen LogP contribution in [0.2, 0.25) is 0 Å². The van der Waals surface area contributed by atoms with Gasteiger partial charge in [0.15, 0.2) is 5.13 Å². The van der Waals surface area contributed by atoms with Gasteiger partial charge in [0.1, 0.15) is 17.1 Å². The van der Waals surface area contributed by atoms with Crippen LogP contribution >= 0.6 is 11.3 Å². The molecular formula is C29H28FN5O5S. The standard InChI is InChI=1S/C29H28FN5O5S/c1-40-19-6-2-17(3-7-19)23-16-41-29(31-23)32-26(36)15-33-8-10-34(11-9-33)25-13-24-20(12-22(25)30)27(37)21(28(38)39)14-35(24)18-4-5-18/h2-3,6-7,12-14,16,18H,4-5,8-11,15H2,1H3,(H,38,39)(H,31,32,36). The minimum Gasteiger partial charge on any atom is -0.497 e. The van der Waals surface area contributed by atoms with Crippen LogP contribution in [0.5, 0.6) is 5.75 Å². The van der Waals surface area contributed by atoms with Crippen LogP contribution in [0.25, 0.3) is 22.2 Å². The van der Waals surface area contributed by atoms with E-state index in [1.165, 1.54) is 17.5 Å². The molecule has 2 aromatic carbocycles. The zero-order valence-electron chi connectivity index (χ0n) is 22.3. The summed E-state index contributed by atoms with van der Waals surface area (Å²) in [4.78, 5) is 45.5. The molecule has 1 saturated heterocycles. The van der Waals surface area contributed by atoms with Crippen LogP contribution in [0.15, 0.2) is 52.8 Å². The van der Waals surface area contributed by atoms with E-state index in [1.807, 2.05) is 39.4 Å². The first kappa shape index (κ1) is 26.9. The number of nitrogens with zero attached hydrogens (tertiary/aromatic N) is 4. The van der Waals surface area contributed by atoms with Crippen molar-refractivity contribution in [2.45, 2.75) is 18.9 Å². The summed E-state index contributed by atoms with van der Waals surface area (Å²) in [5, 5.41) is 14.8. The zero-order valence-corrected chi connectivity index (χ0v) is 23.1. The molecule has 0 radical (unpaired) electrons. The fraction of sp³-hybridized carbons (Fsp3) is 0.310. The first-order valence-corrected chi connectivity index (χ1v) is 14.2. The van der Waals surface area contributed by atoms with Gasteiger partial charge in [-0.2, -0.15) is 0 Å². The molecule has 10 nitrogen and oxygen atoms in total. The van der Waals surface area contributed by atoms with Crippen molar-refractivity contribution in [2.24, 2.45) is 0 Å². The maximum absolute atomic E-state index is 15.3. The molecule has 12 heteroatoms. The molecule has 1 aliphatic carbocycles. The number of ether oxygens (including phenoxy) is 1. The number of carboxylic acid groups (broad SMARTS) is 1. The number of benzene rings is 2. The van der Waals surface area contributed by atoms with Crippen LogP contribution < -0.4 is 20.4 Å². The Morgan fingerprint density at radius 1 is 1.15 bits per heavy atom. The number of hydrogen-bond acceptors (Lipinski definition) is 8. The molecule has 2 aromatic heterocycles. The van der Waals surface area contributed by atoms with Crippen LogP contribution in [0, 0.1) is 5.82 Å². The van der Waals surface area contributed by atoms with E-state index in [-0.39, 0.29) is 29.4 Å². The third kappa shape index (κ3) is 5.52. The smallest absolute Gasteiger partial charge is 0.341 e. The van der Waals surface area contributed by atoms with Crippen molar-refractivity contribution >= 4 is 44.9 Å². The lowest BCUT2D eigenvalue weighted by molar-refractivity contribution is -0.117. The van der Waals surface area contributed by atoms with Crippen molar-refractivity contribution in [2.75, 3.05) is 50.1 Å². The number of fused-ring (bicyclic) bond motifs is 1. The maximum atomic E-state index is 15.3. The van der Waals surface area contributed by atoms with E-state index in [0.29, 0.717) is 42.5 Å². The predicted octanol–water partition coefficient (Wildman–Crippen LogP) is 4.07. The molecule has 0 bridgehead atoms. The molecule has 1 amide bonds. The Balaban J connectivity index is 1.10. The van der Waals surface area contributed by atoms with Crippen molar-refractivity contribution in [3.05, 3.63) is 69.6 Å². The largest absolute Gasteiger partial charge is 0.497 e. The number of hydrogen-bond donors (Lipinski definition) is 2. The number of aromatic carboxylic acids is 1. The molecule has 41 heavy (non-hydrogen) atoms. The number of carbonyl (C=O) groups excluding carboxylic acids is 1. The second-order valence-corrected chi connectivity index (χ2v) is 11.1. The third-order valence-electron chi connectivity index (χ3n) is 7.49. The second kappa shape index (κ2) is 10.9. The summed E-state index contributed by atoms with van der Waals surface area (Å²) in [7, 11) is 1.61. The van der Waals surface area contributed by atoms with E-state index < -0.39 is 17.2 Å². The molecule has 0 spiro atoms. The molecule has 3 heterocycles. The van der Waals surface area contributed by atoms with Crippen LogP contribution in [0.1, 0.15) is 29.2 Å². The van der Waals surface area contributed by atoms with Gasteiger partial charge >= 0.3 is 5.97 Å². The number of aromatic nitrogens is 2. The summed E-state index contributed by atoms with van der Waals surface area (Å²) >= 11 is 1.36. The lowest BCUT2D eigenvalue weighted by Crippen LogP contribution is -2.49. The topological polar surface area (TPSA) is 117 Å². The molecule has 2 N–H and O–H groups in total. The number of rotatable bonds is 8. The first-order valence-electron chi connectivity index (χ1n) is 13.3. The Labute approximate surface area is 238 Å². The number of methoxy groups -OCH3 is 1. The van der Waals surface area contributed by atoms with Gasteiger partial charge in [-0.1, -0.05) is 0 Å². The normalized spacial score (nSPS) is 15.7. The van der Waals surface area contributed by atoms with Gasteiger partial charge in [-0.15, -0.1) is 11.3 Å². The lowest BCUT2D eigenvalue weighted by atomic mass is 10.1. The monoisotopic (exact) mass is 577 g/mol. The molecule has 6 rings (SSSR count). The Kier molecular flexibility index (Phi) is 7.18. The summed E-state index contributed by atoms with van der Waals surface area (Å²) in [5.41, 5.74) is 1.58. The van der Waals surface area contributed by atoms with Crippen LogP contribution in [0.4, 0.5) is 15.2 Å². The number of anilines is 2. The van der Waals surface area contributed by atoms with Gasteiger partial charge in [-0.3, -0.25) is 14.5 Å². The van der Waals surface area contributed by atoms with Crippen molar-refractivity contribution < 1.29 is 23.8 Å². The van der Waals surface area contributed by atoms with Crippen LogP contribution in [-0.2, 0) is 4.79 Å². The first-order chi connectivity index (χ1) is 19.8. The minimum atomic E-state index is -1.32. The number of halogens is 1. The summed E-state index contributed by atoms with van der Waals surface area (Å²) < 4.78 is 22.2. The summed E-state index contributed by atoms with van der Waals surface area (Å²) in [6.07, 6.45) is 3.15. The van der Waals surface area contributed by atoms with Crippen molar-refractivity contribution in [3.8, 4) is 17.0 Å². The summed E-state index contributed by atoms with van der Waals surface area (Å²) in [6.45, 7) is 2.27. The molecule has 2 aliphatic rings. The van der Waals surface area contributed by atoms with Crippen LogP contribution in [-0.4, -0.2) is 71.3 Å². The van der Waals surface area contributed by atoms with Crippen molar-refractivity contribution in [1.29, 1.82) is 0 Å². The lowest BCUT2D eigenvalue weighted by Gasteiger charge is -2.36. The van der Waals surface area contributed by atoms with Gasteiger partial charge in [0.2, 0.25) is 11.3 Å². The molecule has 0 atom stereocenters. The van der Waals surface area contributed by atoms with E-state index in [1.54, 1.807) is 17.7 Å². The summed E-state index contributed by atoms with van der Waals surface area (Å²) in [5.74, 6) is -1.30. The molecular weight excluding hydrogens is 549 g/mol. The van der Waals surface area contributed by atoms with Gasteiger partial charge in [-0.25, -0.2) is 14.2 Å². The quantitative estimate of drug-likeness (QED) is 0.322. The zero-order chi connectivity index (χ0) is 28.7. The van der Waals surface area contributed by atoms with Gasteiger partial charge in [-0.05, 0) is 49.2 Å². The molecule has 2 fully saturated rings. The average molecular weight is 578 g/mol. The van der Waals surface area contributed by atoms with Gasteiger partial charge in [0, 0.05) is 54.7 Å². The van der Waals surface area contributed by atoms with Gasteiger partial charge < -0.3 is 24.6 Å². The highest BCUT2D eigenvalue weighted by Crippen LogP contribution is 2.38. The molecule has 212 valence electrons. The van der Waals surface area contributed by atoms with Crippen molar-refractivity contribution in [3.63, 3.8) is 0 Å². The van der Waals surface area contributed by atoms with Gasteiger partial charge in [0.05, 0.1) is 30.6 Å². The Hall–Kier alpha value is -4.29. The molecule has 1 aliphatic heterocycles. The van der Waals surface area contributed by atoms with Gasteiger partial charge in [0.25, 0.3) is 0 Å². The number of amides is 1. The highest BCUT2D eigenvalue weighted by molar-refractivity contribution is 7.14. The maximum Gasteiger partial charge on any atom is 0.341 e. The number of pyridine rings is 1. The van der Waals surface area contributed by atoms with Crippen LogP contribution in [0.3, 0.4) is 0 Å². The number of thiazole rings is 1. The third-order valence-corrected chi connectivity index (χ3v) is 8.25. The van der Waals surface area contributed by atoms with E-state index in [4.69, 9.17) is 4.74 Å². The average Bonchev–Trinajstić information content (AvgIpc) is 3.71. The van der Waals surface area contributed by atoms with E-state index in [9.17, 15) is 19.5 Å². The fourth-order valence-corrected chi connectivity index (χ4v) is 5.88. The van der Waals surface area contributed by atoms with E-state index in [0.717, 1.165) is 35.9 Å². The Bertz CT molecular complexity index is 1690. The van der Waals surface area contributed by atoms with Crippen molar-refractivity contribution in [1.82, 2.24) is 14.5 Å². The minimum absolute atomic E-state index is 0.0747. The van der Waals surface area contributed by atoms with E-state index >= 15 is 4.39 Å². The Morgan fingerprint density at radius 3 is 2.54 bits per heavy atom. The second-order valence-electron chi connectivity index (χ2n) is 10.2. The number of carbonyl (C=O) groups is 2. The SMILES string of the molecule is COc1ccc(-c2csc(NC(=O)CN3CCN(c4cc5c(cc4F)c(=O)c(C(=O)O)cn5C4CC4)CC3)n2)cc1. The Morgan fingerprint density at radius 2 is 1.88 bits per heavy atom.